The summed E-state index contributed by atoms with van der Waals surface area (Å²) >= 11 is 0. The highest BCUT2D eigenvalue weighted by atomic mass is 16.3. The molecule has 5 unspecified atom stereocenters. The Bertz CT molecular complexity index is 564. The second-order valence-electron chi connectivity index (χ2n) is 9.47. The smallest absolute Gasteiger partial charge is 0.222 e. The maximum absolute atomic E-state index is 11.7. The average molecular weight is 392 g/mol. The lowest BCUT2D eigenvalue weighted by Gasteiger charge is -2.22. The monoisotopic (exact) mass is 391 g/mol. The molecule has 0 aliphatic heterocycles. The summed E-state index contributed by atoms with van der Waals surface area (Å²) in [5.41, 5.74) is 0.867. The fourth-order valence-electron chi connectivity index (χ4n) is 4.78. The van der Waals surface area contributed by atoms with E-state index < -0.39 is 5.60 Å². The Morgan fingerprint density at radius 3 is 2.75 bits per heavy atom. The quantitative estimate of drug-likeness (QED) is 0.404. The van der Waals surface area contributed by atoms with Crippen molar-refractivity contribution in [3.05, 3.63) is 23.8 Å². The van der Waals surface area contributed by atoms with Gasteiger partial charge in [0.2, 0.25) is 5.91 Å². The molecule has 2 aliphatic carbocycles. The van der Waals surface area contributed by atoms with Crippen molar-refractivity contribution in [3.63, 3.8) is 0 Å². The van der Waals surface area contributed by atoms with Gasteiger partial charge in [-0.15, -0.1) is 0 Å². The standard InChI is InChI=1S/C24H41NO3/c1-5-6-13-24(2,28)14-9-11-20-21-16-18(15-19(21)17-22(20)26)10-7-8-12-23(27)25(3)4/h9,11,15,19-22,26,28H,5-8,10,12-14,16-17H2,1-4H3/b11-9+. The van der Waals surface area contributed by atoms with Crippen molar-refractivity contribution >= 4 is 5.91 Å². The molecule has 0 spiro atoms. The van der Waals surface area contributed by atoms with E-state index in [2.05, 4.69) is 25.2 Å². The Morgan fingerprint density at radius 2 is 2.07 bits per heavy atom. The molecule has 2 N–H and O–H groups in total. The highest BCUT2D eigenvalue weighted by molar-refractivity contribution is 5.75. The topological polar surface area (TPSA) is 60.8 Å². The van der Waals surface area contributed by atoms with Crippen LogP contribution in [0.4, 0.5) is 0 Å². The summed E-state index contributed by atoms with van der Waals surface area (Å²) in [7, 11) is 3.62. The van der Waals surface area contributed by atoms with Gasteiger partial charge in [0.25, 0.3) is 0 Å². The van der Waals surface area contributed by atoms with E-state index in [4.69, 9.17) is 0 Å². The van der Waals surface area contributed by atoms with Gasteiger partial charge in [0.15, 0.2) is 0 Å². The highest BCUT2D eigenvalue weighted by Gasteiger charge is 2.43. The minimum Gasteiger partial charge on any atom is -0.392 e. The van der Waals surface area contributed by atoms with E-state index in [0.717, 1.165) is 51.4 Å². The molecule has 0 bridgehead atoms. The third-order valence-electron chi connectivity index (χ3n) is 6.57. The number of unbranched alkanes of at least 4 members (excludes halogenated alkanes) is 2. The normalized spacial score (nSPS) is 29.0. The SMILES string of the molecule is CCCCC(C)(O)C/C=C/C1C(O)CC2C=C(CCCCC(=O)N(C)C)CC21. The molecule has 0 aromatic heterocycles. The van der Waals surface area contributed by atoms with Crippen LogP contribution in [0.5, 0.6) is 0 Å². The van der Waals surface area contributed by atoms with E-state index in [9.17, 15) is 15.0 Å². The Kier molecular flexibility index (Phi) is 8.76. The van der Waals surface area contributed by atoms with Gasteiger partial charge >= 0.3 is 0 Å². The van der Waals surface area contributed by atoms with Gasteiger partial charge in [0, 0.05) is 26.4 Å². The van der Waals surface area contributed by atoms with Gasteiger partial charge in [-0.2, -0.15) is 0 Å². The molecule has 0 radical (unpaired) electrons. The molecule has 1 amide bonds. The van der Waals surface area contributed by atoms with Crippen molar-refractivity contribution < 1.29 is 15.0 Å². The van der Waals surface area contributed by atoms with Crippen LogP contribution in [-0.4, -0.2) is 46.8 Å². The molecule has 5 atom stereocenters. The fraction of sp³-hybridized carbons (Fsp3) is 0.792. The van der Waals surface area contributed by atoms with E-state index in [1.807, 2.05) is 21.0 Å². The van der Waals surface area contributed by atoms with Crippen LogP contribution in [0.2, 0.25) is 0 Å². The maximum atomic E-state index is 11.7. The first kappa shape index (κ1) is 23.2. The van der Waals surface area contributed by atoms with Crippen molar-refractivity contribution in [2.24, 2.45) is 17.8 Å². The van der Waals surface area contributed by atoms with E-state index >= 15 is 0 Å². The number of carbonyl (C=O) groups excluding carboxylic acids is 1. The zero-order chi connectivity index (χ0) is 20.7. The summed E-state index contributed by atoms with van der Waals surface area (Å²) in [5, 5.41) is 21.0. The van der Waals surface area contributed by atoms with Gasteiger partial charge in [-0.05, 0) is 63.7 Å². The third-order valence-corrected chi connectivity index (χ3v) is 6.57. The second kappa shape index (κ2) is 10.6. The average Bonchev–Trinajstić information content (AvgIpc) is 3.14. The van der Waals surface area contributed by atoms with Gasteiger partial charge in [0.05, 0.1) is 11.7 Å². The summed E-state index contributed by atoms with van der Waals surface area (Å²) in [4.78, 5) is 13.3. The molecular formula is C24H41NO3. The predicted molar refractivity (Wildman–Crippen MR) is 115 cm³/mol. The van der Waals surface area contributed by atoms with Gasteiger partial charge in [0.1, 0.15) is 0 Å². The Balaban J connectivity index is 1.78. The molecule has 28 heavy (non-hydrogen) atoms. The van der Waals surface area contributed by atoms with Crippen LogP contribution in [0.15, 0.2) is 23.8 Å². The summed E-state index contributed by atoms with van der Waals surface area (Å²) in [6.07, 6.45) is 15.7. The zero-order valence-corrected chi connectivity index (χ0v) is 18.4. The summed E-state index contributed by atoms with van der Waals surface area (Å²) < 4.78 is 0. The number of rotatable bonds is 11. The van der Waals surface area contributed by atoms with Gasteiger partial charge in [-0.3, -0.25) is 4.79 Å². The first-order valence-corrected chi connectivity index (χ1v) is 11.2. The number of fused-ring (bicyclic) bond motifs is 1. The van der Waals surface area contributed by atoms with Gasteiger partial charge < -0.3 is 15.1 Å². The molecule has 0 saturated heterocycles. The number of carbonyl (C=O) groups is 1. The van der Waals surface area contributed by atoms with Crippen molar-refractivity contribution in [2.45, 2.75) is 89.8 Å². The highest BCUT2D eigenvalue weighted by Crippen LogP contribution is 2.48. The summed E-state index contributed by atoms with van der Waals surface area (Å²) in [5.74, 6) is 1.41. The zero-order valence-electron chi connectivity index (χ0n) is 18.4. The second-order valence-corrected chi connectivity index (χ2v) is 9.47. The van der Waals surface area contributed by atoms with Crippen LogP contribution in [0.1, 0.15) is 78.1 Å². The number of amides is 1. The van der Waals surface area contributed by atoms with Crippen molar-refractivity contribution in [3.8, 4) is 0 Å². The van der Waals surface area contributed by atoms with Crippen LogP contribution in [-0.2, 0) is 4.79 Å². The number of allylic oxidation sites excluding steroid dienone is 2. The van der Waals surface area contributed by atoms with Crippen LogP contribution >= 0.6 is 0 Å². The lowest BCUT2D eigenvalue weighted by Crippen LogP contribution is -2.23. The molecule has 4 heteroatoms. The predicted octanol–water partition coefficient (Wildman–Crippen LogP) is 4.47. The molecule has 1 saturated carbocycles. The summed E-state index contributed by atoms with van der Waals surface area (Å²) in [6.45, 7) is 4.06. The number of hydrogen-bond acceptors (Lipinski definition) is 3. The van der Waals surface area contributed by atoms with Crippen molar-refractivity contribution in [1.29, 1.82) is 0 Å². The Morgan fingerprint density at radius 1 is 1.32 bits per heavy atom. The minimum atomic E-state index is -0.640. The minimum absolute atomic E-state index is 0.205. The molecular weight excluding hydrogens is 350 g/mol. The van der Waals surface area contributed by atoms with Gasteiger partial charge in [-0.1, -0.05) is 43.6 Å². The Labute approximate surface area is 171 Å². The van der Waals surface area contributed by atoms with Crippen molar-refractivity contribution in [2.75, 3.05) is 14.1 Å². The number of nitrogens with zero attached hydrogens (tertiary/aromatic N) is 1. The molecule has 0 aromatic carbocycles. The molecule has 160 valence electrons. The fourth-order valence-corrected chi connectivity index (χ4v) is 4.78. The number of aliphatic hydroxyl groups excluding tert-OH is 1. The first-order chi connectivity index (χ1) is 13.2. The molecule has 2 aliphatic rings. The van der Waals surface area contributed by atoms with E-state index in [1.54, 1.807) is 4.90 Å². The first-order valence-electron chi connectivity index (χ1n) is 11.2. The van der Waals surface area contributed by atoms with E-state index in [0.29, 0.717) is 24.7 Å². The van der Waals surface area contributed by atoms with Crippen LogP contribution in [0.25, 0.3) is 0 Å². The molecule has 1 fully saturated rings. The number of aliphatic hydroxyl groups is 2. The summed E-state index contributed by atoms with van der Waals surface area (Å²) in [6, 6.07) is 0. The lowest BCUT2D eigenvalue weighted by molar-refractivity contribution is -0.128. The van der Waals surface area contributed by atoms with Crippen molar-refractivity contribution in [1.82, 2.24) is 4.90 Å². The van der Waals surface area contributed by atoms with E-state index in [1.165, 1.54) is 5.57 Å². The molecule has 4 nitrogen and oxygen atoms in total. The number of hydrogen-bond donors (Lipinski definition) is 2. The van der Waals surface area contributed by atoms with Gasteiger partial charge in [-0.25, -0.2) is 0 Å². The molecule has 0 heterocycles. The van der Waals surface area contributed by atoms with Crippen LogP contribution < -0.4 is 0 Å². The maximum Gasteiger partial charge on any atom is 0.222 e. The van der Waals surface area contributed by atoms with Crippen LogP contribution in [0.3, 0.4) is 0 Å². The molecule has 0 aromatic rings. The lowest BCUT2D eigenvalue weighted by atomic mass is 9.87. The molecule has 2 rings (SSSR count). The van der Waals surface area contributed by atoms with E-state index in [-0.39, 0.29) is 17.9 Å². The largest absolute Gasteiger partial charge is 0.392 e. The van der Waals surface area contributed by atoms with Crippen LogP contribution in [0, 0.1) is 17.8 Å². The third kappa shape index (κ3) is 6.73. The Hall–Kier alpha value is -1.13.